The number of rotatable bonds is 9. The van der Waals surface area contributed by atoms with Gasteiger partial charge in [-0.25, -0.2) is 9.37 Å². The topological polar surface area (TPSA) is 80.0 Å². The van der Waals surface area contributed by atoms with E-state index in [9.17, 15) is 9.90 Å². The summed E-state index contributed by atoms with van der Waals surface area (Å²) in [5.74, 6) is 2.56. The molecule has 0 spiro atoms. The largest absolute Gasteiger partial charge is 0.392 e. The molecular formula is C32H37FN4O2. The number of nitrogens with zero attached hydrogens (tertiary/aromatic N) is 3. The molecule has 5 aliphatic rings. The van der Waals surface area contributed by atoms with Crippen LogP contribution in [-0.4, -0.2) is 38.2 Å². The second kappa shape index (κ2) is 9.84. The number of nitrogens with one attached hydrogen (secondary N) is 1. The average molecular weight is 529 g/mol. The first-order chi connectivity index (χ1) is 19.0. The molecule has 4 saturated carbocycles. The summed E-state index contributed by atoms with van der Waals surface area (Å²) in [4.78, 5) is 20.7. The van der Waals surface area contributed by atoms with E-state index in [4.69, 9.17) is 0 Å². The number of carbonyl (C=O) groups is 1. The van der Waals surface area contributed by atoms with E-state index >= 15 is 4.39 Å². The van der Waals surface area contributed by atoms with Crippen molar-refractivity contribution in [1.29, 1.82) is 0 Å². The molecule has 3 aromatic rings. The van der Waals surface area contributed by atoms with Crippen molar-refractivity contribution in [2.24, 2.45) is 29.1 Å². The molecule has 39 heavy (non-hydrogen) atoms. The number of hydrogen-bond donors (Lipinski definition) is 2. The van der Waals surface area contributed by atoms with Gasteiger partial charge < -0.3 is 15.0 Å². The lowest BCUT2D eigenvalue weighted by atomic mass is 9.44. The van der Waals surface area contributed by atoms with E-state index in [0.717, 1.165) is 55.5 Å². The second-order valence-electron chi connectivity index (χ2n) is 12.7. The fourth-order valence-corrected chi connectivity index (χ4v) is 9.08. The normalized spacial score (nSPS) is 30.7. The summed E-state index contributed by atoms with van der Waals surface area (Å²) in [6.07, 6.45) is 15.5. The minimum Gasteiger partial charge on any atom is -0.392 e. The maximum Gasteiger partial charge on any atom is 0.224 e. The molecule has 7 heteroatoms. The quantitative estimate of drug-likeness (QED) is 0.369. The van der Waals surface area contributed by atoms with Crippen LogP contribution >= 0.6 is 0 Å². The Hall–Kier alpha value is -3.06. The number of halogens is 1. The second-order valence-corrected chi connectivity index (χ2v) is 12.7. The van der Waals surface area contributed by atoms with Crippen LogP contribution in [0.25, 0.3) is 11.3 Å². The van der Waals surface area contributed by atoms with Gasteiger partial charge in [-0.2, -0.15) is 0 Å². The minimum atomic E-state index is -0.454. The summed E-state index contributed by atoms with van der Waals surface area (Å²) < 4.78 is 17.1. The molecule has 4 atom stereocenters. The number of aliphatic hydroxyl groups excluding tert-OH is 1. The lowest BCUT2D eigenvalue weighted by molar-refractivity contribution is -0.152. The van der Waals surface area contributed by atoms with Gasteiger partial charge in [0.05, 0.1) is 36.8 Å². The molecule has 1 amide bonds. The van der Waals surface area contributed by atoms with Crippen molar-refractivity contribution < 1.29 is 14.3 Å². The summed E-state index contributed by atoms with van der Waals surface area (Å²) in [5.41, 5.74) is 3.49. The number of amides is 1. The molecule has 6 nitrogen and oxygen atoms in total. The zero-order valence-electron chi connectivity index (χ0n) is 22.3. The van der Waals surface area contributed by atoms with Crippen molar-refractivity contribution in [2.75, 3.05) is 6.54 Å². The molecule has 4 aliphatic carbocycles. The first-order valence-electron chi connectivity index (χ1n) is 14.6. The highest BCUT2D eigenvalue weighted by Gasteiger charge is 2.57. The molecule has 204 valence electrons. The van der Waals surface area contributed by atoms with Crippen LogP contribution in [0.15, 0.2) is 55.2 Å². The molecule has 4 unspecified atom stereocenters. The molecule has 0 radical (unpaired) electrons. The van der Waals surface area contributed by atoms with E-state index in [1.165, 1.54) is 18.9 Å². The van der Waals surface area contributed by atoms with Gasteiger partial charge in [0.1, 0.15) is 5.82 Å². The van der Waals surface area contributed by atoms with Crippen LogP contribution in [0.4, 0.5) is 4.39 Å². The number of aromatic nitrogens is 3. The summed E-state index contributed by atoms with van der Waals surface area (Å²) in [6.45, 7) is 0.719. The first kappa shape index (κ1) is 24.9. The van der Waals surface area contributed by atoms with Gasteiger partial charge >= 0.3 is 0 Å². The van der Waals surface area contributed by atoms with Crippen LogP contribution in [0, 0.1) is 34.9 Å². The Labute approximate surface area is 229 Å². The Morgan fingerprint density at radius 3 is 2.72 bits per heavy atom. The zero-order chi connectivity index (χ0) is 26.6. The number of carbonyl (C=O) groups excluding carboxylic acids is 1. The molecule has 2 N–H and O–H groups in total. The number of fused-ring (bicyclic) bond motifs is 3. The Balaban J connectivity index is 0.984. The van der Waals surface area contributed by atoms with Crippen LogP contribution in [-0.2, 0) is 11.2 Å². The first-order valence-corrected chi connectivity index (χ1v) is 14.6. The Morgan fingerprint density at radius 1 is 1.13 bits per heavy atom. The smallest absolute Gasteiger partial charge is 0.224 e. The van der Waals surface area contributed by atoms with E-state index in [-0.39, 0.29) is 23.2 Å². The van der Waals surface area contributed by atoms with E-state index in [1.807, 2.05) is 24.4 Å². The summed E-state index contributed by atoms with van der Waals surface area (Å²) in [6, 6.07) is 8.83. The van der Waals surface area contributed by atoms with Gasteiger partial charge in [-0.05, 0) is 104 Å². The fourth-order valence-electron chi connectivity index (χ4n) is 9.08. The van der Waals surface area contributed by atoms with Gasteiger partial charge in [-0.15, -0.1) is 0 Å². The maximum absolute atomic E-state index is 15.0. The molecule has 3 heterocycles. The molecule has 0 saturated heterocycles. The van der Waals surface area contributed by atoms with Crippen LogP contribution in [0.2, 0.25) is 0 Å². The molecule has 1 aliphatic heterocycles. The summed E-state index contributed by atoms with van der Waals surface area (Å²) in [7, 11) is 0. The Bertz CT molecular complexity index is 1340. The predicted octanol–water partition coefficient (Wildman–Crippen LogP) is 5.32. The number of aliphatic hydroxyl groups is 1. The highest BCUT2D eigenvalue weighted by Crippen LogP contribution is 2.65. The molecule has 8 rings (SSSR count). The van der Waals surface area contributed by atoms with Gasteiger partial charge in [0, 0.05) is 30.1 Å². The molecule has 4 bridgehead atoms. The van der Waals surface area contributed by atoms with Gasteiger partial charge in [-0.1, -0.05) is 12.1 Å². The van der Waals surface area contributed by atoms with Crippen molar-refractivity contribution in [3.63, 3.8) is 0 Å². The van der Waals surface area contributed by atoms with Crippen LogP contribution < -0.4 is 5.32 Å². The number of pyridine rings is 1. The third-order valence-electron chi connectivity index (χ3n) is 10.5. The lowest BCUT2D eigenvalue weighted by Gasteiger charge is -2.62. The third kappa shape index (κ3) is 4.39. The predicted molar refractivity (Wildman–Crippen MR) is 146 cm³/mol. The highest BCUT2D eigenvalue weighted by atomic mass is 19.1. The van der Waals surface area contributed by atoms with Crippen molar-refractivity contribution in [1.82, 2.24) is 19.9 Å². The third-order valence-corrected chi connectivity index (χ3v) is 10.5. The molecule has 1 aromatic carbocycles. The maximum atomic E-state index is 15.0. The number of benzene rings is 1. The number of hydrogen-bond acceptors (Lipinski definition) is 4. The molecular weight excluding hydrogens is 491 g/mol. The van der Waals surface area contributed by atoms with Crippen molar-refractivity contribution in [2.45, 2.75) is 69.9 Å². The SMILES string of the molecule is O=C(Cc1ccncc1)NCCCC1C2CC3CC1CC(C(O)CC1c4c(F)cccc4-c4cncn41)(C3)C2. The van der Waals surface area contributed by atoms with Crippen molar-refractivity contribution in [3.8, 4) is 11.3 Å². The van der Waals surface area contributed by atoms with Crippen LogP contribution in [0.3, 0.4) is 0 Å². The molecule has 4 fully saturated rings. The van der Waals surface area contributed by atoms with Crippen LogP contribution in [0.1, 0.15) is 68.5 Å². The van der Waals surface area contributed by atoms with Crippen molar-refractivity contribution in [3.05, 3.63) is 72.2 Å². The lowest BCUT2D eigenvalue weighted by Crippen LogP contribution is -2.55. The van der Waals surface area contributed by atoms with Gasteiger partial charge in [0.15, 0.2) is 0 Å². The zero-order valence-corrected chi connectivity index (χ0v) is 22.3. The van der Waals surface area contributed by atoms with E-state index in [0.29, 0.717) is 42.1 Å². The highest BCUT2D eigenvalue weighted by molar-refractivity contribution is 5.78. The Kier molecular flexibility index (Phi) is 6.30. The van der Waals surface area contributed by atoms with Gasteiger partial charge in [0.2, 0.25) is 5.91 Å². The summed E-state index contributed by atoms with van der Waals surface area (Å²) in [5, 5.41) is 14.9. The standard InChI is InChI=1S/C32H37FN4O2/c33-26-5-1-3-25-28-18-35-19-37(28)27(31(25)26)14-29(38)32-15-21-11-22(16-32)24(23(12-21)17-32)4-2-8-36-30(39)13-20-6-9-34-10-7-20/h1,3,5-7,9-10,18-19,21-24,27,29,38H,2,4,8,11-17H2,(H,36,39). The Morgan fingerprint density at radius 2 is 1.92 bits per heavy atom. The monoisotopic (exact) mass is 528 g/mol. The van der Waals surface area contributed by atoms with Crippen LogP contribution in [0.5, 0.6) is 0 Å². The van der Waals surface area contributed by atoms with Gasteiger partial charge in [-0.3, -0.25) is 9.78 Å². The van der Waals surface area contributed by atoms with E-state index < -0.39 is 6.10 Å². The van der Waals surface area contributed by atoms with E-state index in [2.05, 4.69) is 19.9 Å². The fraction of sp³-hybridized carbons (Fsp3) is 0.531. The van der Waals surface area contributed by atoms with E-state index in [1.54, 1.807) is 24.8 Å². The molecule has 2 aromatic heterocycles. The average Bonchev–Trinajstić information content (AvgIpc) is 3.51. The number of imidazole rings is 1. The minimum absolute atomic E-state index is 0.0550. The van der Waals surface area contributed by atoms with Crippen molar-refractivity contribution >= 4 is 5.91 Å². The summed E-state index contributed by atoms with van der Waals surface area (Å²) >= 11 is 0. The van der Waals surface area contributed by atoms with Gasteiger partial charge in [0.25, 0.3) is 0 Å².